The van der Waals surface area contributed by atoms with Gasteiger partial charge in [0.2, 0.25) is 0 Å². The molecule has 2 heterocycles. The van der Waals surface area contributed by atoms with Crippen LogP contribution in [-0.4, -0.2) is 40.0 Å². The molecule has 5 heteroatoms. The summed E-state index contributed by atoms with van der Waals surface area (Å²) in [5.41, 5.74) is 0. The Kier molecular flexibility index (Phi) is 4.27. The predicted molar refractivity (Wildman–Crippen MR) is 89.1 cm³/mol. The van der Waals surface area contributed by atoms with Gasteiger partial charge in [0, 0.05) is 37.4 Å². The van der Waals surface area contributed by atoms with E-state index >= 15 is 0 Å². The summed E-state index contributed by atoms with van der Waals surface area (Å²) in [4.78, 5) is 22.2. The van der Waals surface area contributed by atoms with E-state index in [9.17, 15) is 4.79 Å². The minimum absolute atomic E-state index is 0.141. The highest BCUT2D eigenvalue weighted by atomic mass is 16.2. The molecule has 2 amide bonds. The number of likely N-dealkylation sites (tertiary alicyclic amines) is 1. The Labute approximate surface area is 138 Å². The van der Waals surface area contributed by atoms with Crippen LogP contribution in [0.5, 0.6) is 0 Å². The van der Waals surface area contributed by atoms with Crippen molar-refractivity contribution < 1.29 is 4.79 Å². The van der Waals surface area contributed by atoms with E-state index in [2.05, 4.69) is 15.3 Å². The molecule has 3 aliphatic rings. The topological polar surface area (TPSA) is 61.0 Å². The Hall–Kier alpha value is -1.52. The van der Waals surface area contributed by atoms with Crippen LogP contribution < -0.4 is 5.32 Å². The molecule has 0 bridgehead atoms. The van der Waals surface area contributed by atoms with E-state index in [-0.39, 0.29) is 6.03 Å². The second-order valence-corrected chi connectivity index (χ2v) is 7.67. The van der Waals surface area contributed by atoms with E-state index in [1.165, 1.54) is 32.1 Å². The number of imidazole rings is 1. The molecule has 3 atom stereocenters. The Morgan fingerprint density at radius 3 is 2.87 bits per heavy atom. The van der Waals surface area contributed by atoms with Crippen LogP contribution in [0.3, 0.4) is 0 Å². The summed E-state index contributed by atoms with van der Waals surface area (Å²) in [5, 5.41) is 3.32. The van der Waals surface area contributed by atoms with Crippen LogP contribution in [0, 0.1) is 11.8 Å². The molecule has 23 heavy (non-hydrogen) atoms. The summed E-state index contributed by atoms with van der Waals surface area (Å²) in [6.07, 6.45) is 13.7. The van der Waals surface area contributed by atoms with Gasteiger partial charge >= 0.3 is 6.03 Å². The predicted octanol–water partition coefficient (Wildman–Crippen LogP) is 3.27. The quantitative estimate of drug-likeness (QED) is 0.899. The zero-order valence-corrected chi connectivity index (χ0v) is 13.8. The SMILES string of the molecule is O=C(N[C@@H]1CCC[C@@H](C2CC2)C1)N1CCC[C@H](c2ncc[nH]2)C1. The normalized spacial score (nSPS) is 31.8. The first kappa shape index (κ1) is 15.0. The third kappa shape index (κ3) is 3.54. The average Bonchev–Trinajstić information content (AvgIpc) is 3.30. The first-order chi connectivity index (χ1) is 11.3. The van der Waals surface area contributed by atoms with Gasteiger partial charge in [-0.2, -0.15) is 0 Å². The van der Waals surface area contributed by atoms with Crippen LogP contribution in [0.15, 0.2) is 12.4 Å². The van der Waals surface area contributed by atoms with Gasteiger partial charge in [0.1, 0.15) is 5.82 Å². The summed E-state index contributed by atoms with van der Waals surface area (Å²) < 4.78 is 0. The fourth-order valence-corrected chi connectivity index (χ4v) is 4.51. The van der Waals surface area contributed by atoms with Gasteiger partial charge in [0.15, 0.2) is 0 Å². The van der Waals surface area contributed by atoms with E-state index in [0.29, 0.717) is 12.0 Å². The van der Waals surface area contributed by atoms with E-state index in [1.54, 1.807) is 6.20 Å². The van der Waals surface area contributed by atoms with Gasteiger partial charge in [0.25, 0.3) is 0 Å². The van der Waals surface area contributed by atoms with Crippen LogP contribution in [0.4, 0.5) is 4.79 Å². The third-order valence-electron chi connectivity index (χ3n) is 5.95. The van der Waals surface area contributed by atoms with Crippen molar-refractivity contribution in [3.63, 3.8) is 0 Å². The molecule has 2 saturated carbocycles. The fourth-order valence-electron chi connectivity index (χ4n) is 4.51. The monoisotopic (exact) mass is 316 g/mol. The second kappa shape index (κ2) is 6.54. The molecule has 0 aromatic carbocycles. The van der Waals surface area contributed by atoms with E-state index in [4.69, 9.17) is 0 Å². The van der Waals surface area contributed by atoms with Gasteiger partial charge in [-0.1, -0.05) is 12.8 Å². The molecule has 3 fully saturated rings. The number of aromatic nitrogens is 2. The number of aromatic amines is 1. The molecule has 4 rings (SSSR count). The number of amides is 2. The van der Waals surface area contributed by atoms with Crippen LogP contribution in [0.25, 0.3) is 0 Å². The van der Waals surface area contributed by atoms with Crippen LogP contribution in [-0.2, 0) is 0 Å². The number of carbonyl (C=O) groups is 1. The largest absolute Gasteiger partial charge is 0.348 e. The molecular formula is C18H28N4O. The Morgan fingerprint density at radius 2 is 2.09 bits per heavy atom. The van der Waals surface area contributed by atoms with E-state index in [1.807, 2.05) is 11.1 Å². The van der Waals surface area contributed by atoms with Gasteiger partial charge in [0.05, 0.1) is 0 Å². The van der Waals surface area contributed by atoms with Gasteiger partial charge < -0.3 is 15.2 Å². The Bertz CT molecular complexity index is 525. The molecule has 5 nitrogen and oxygen atoms in total. The van der Waals surface area contributed by atoms with Crippen molar-refractivity contribution in [3.8, 4) is 0 Å². The maximum absolute atomic E-state index is 12.7. The van der Waals surface area contributed by atoms with Crippen molar-refractivity contribution in [1.29, 1.82) is 0 Å². The Morgan fingerprint density at radius 1 is 1.17 bits per heavy atom. The number of nitrogens with one attached hydrogen (secondary N) is 2. The lowest BCUT2D eigenvalue weighted by Gasteiger charge is -2.35. The number of rotatable bonds is 3. The minimum atomic E-state index is 0.141. The van der Waals surface area contributed by atoms with Crippen molar-refractivity contribution in [2.24, 2.45) is 11.8 Å². The first-order valence-corrected chi connectivity index (χ1v) is 9.34. The number of urea groups is 1. The number of nitrogens with zero attached hydrogens (tertiary/aromatic N) is 2. The lowest BCUT2D eigenvalue weighted by atomic mass is 9.83. The van der Waals surface area contributed by atoms with Gasteiger partial charge in [-0.15, -0.1) is 0 Å². The van der Waals surface area contributed by atoms with Crippen LogP contribution in [0.1, 0.15) is 63.1 Å². The lowest BCUT2D eigenvalue weighted by molar-refractivity contribution is 0.166. The standard InChI is InChI=1S/C18H28N4O/c23-18(21-16-5-1-3-14(11-16)13-6-7-13)22-10-2-4-15(12-22)17-19-8-9-20-17/h8-9,13-16H,1-7,10-12H2,(H,19,20)(H,21,23)/t14-,15+,16-/m1/s1. The summed E-state index contributed by atoms with van der Waals surface area (Å²) in [7, 11) is 0. The highest BCUT2D eigenvalue weighted by Gasteiger charge is 2.35. The first-order valence-electron chi connectivity index (χ1n) is 9.34. The van der Waals surface area contributed by atoms with Crippen molar-refractivity contribution in [2.45, 2.75) is 63.3 Å². The summed E-state index contributed by atoms with van der Waals surface area (Å²) in [6, 6.07) is 0.536. The molecule has 1 saturated heterocycles. The zero-order chi connectivity index (χ0) is 15.6. The zero-order valence-electron chi connectivity index (χ0n) is 13.8. The number of hydrogen-bond acceptors (Lipinski definition) is 2. The van der Waals surface area contributed by atoms with Crippen molar-refractivity contribution in [3.05, 3.63) is 18.2 Å². The van der Waals surface area contributed by atoms with Crippen molar-refractivity contribution in [2.75, 3.05) is 13.1 Å². The molecule has 2 N–H and O–H groups in total. The maximum atomic E-state index is 12.7. The molecule has 0 radical (unpaired) electrons. The summed E-state index contributed by atoms with van der Waals surface area (Å²) in [5.74, 6) is 3.21. The number of piperidine rings is 1. The van der Waals surface area contributed by atoms with Gasteiger partial charge in [-0.25, -0.2) is 9.78 Å². The smallest absolute Gasteiger partial charge is 0.317 e. The third-order valence-corrected chi connectivity index (χ3v) is 5.95. The maximum Gasteiger partial charge on any atom is 0.317 e. The molecule has 1 aromatic heterocycles. The molecular weight excluding hydrogens is 288 g/mol. The number of H-pyrrole nitrogens is 1. The molecule has 0 unspecified atom stereocenters. The van der Waals surface area contributed by atoms with E-state index < -0.39 is 0 Å². The van der Waals surface area contributed by atoms with Crippen molar-refractivity contribution in [1.82, 2.24) is 20.2 Å². The highest BCUT2D eigenvalue weighted by Crippen LogP contribution is 2.43. The van der Waals surface area contributed by atoms with E-state index in [0.717, 1.165) is 50.0 Å². The van der Waals surface area contributed by atoms with Gasteiger partial charge in [-0.3, -0.25) is 0 Å². The van der Waals surface area contributed by atoms with Crippen molar-refractivity contribution >= 4 is 6.03 Å². The van der Waals surface area contributed by atoms with Gasteiger partial charge in [-0.05, 0) is 50.4 Å². The summed E-state index contributed by atoms with van der Waals surface area (Å²) >= 11 is 0. The highest BCUT2D eigenvalue weighted by molar-refractivity contribution is 5.74. The molecule has 1 aromatic rings. The Balaban J connectivity index is 1.31. The molecule has 126 valence electrons. The average molecular weight is 316 g/mol. The molecule has 2 aliphatic carbocycles. The van der Waals surface area contributed by atoms with Crippen LogP contribution in [0.2, 0.25) is 0 Å². The minimum Gasteiger partial charge on any atom is -0.348 e. The molecule has 1 aliphatic heterocycles. The second-order valence-electron chi connectivity index (χ2n) is 7.67. The number of hydrogen-bond donors (Lipinski definition) is 2. The van der Waals surface area contributed by atoms with Crippen LogP contribution >= 0.6 is 0 Å². The lowest BCUT2D eigenvalue weighted by Crippen LogP contribution is -2.49. The summed E-state index contributed by atoms with van der Waals surface area (Å²) in [6.45, 7) is 1.67. The fraction of sp³-hybridized carbons (Fsp3) is 0.778. The molecule has 0 spiro atoms. The number of carbonyl (C=O) groups excluding carboxylic acids is 1.